The molecular weight excluding hydrogens is 432 g/mol. The van der Waals surface area contributed by atoms with Crippen molar-refractivity contribution in [2.75, 3.05) is 37.7 Å². The first-order chi connectivity index (χ1) is 15.0. The second-order valence-electron chi connectivity index (χ2n) is 7.33. The van der Waals surface area contributed by atoms with E-state index in [1.54, 1.807) is 47.0 Å². The molecule has 9 heteroatoms. The van der Waals surface area contributed by atoms with Crippen LogP contribution >= 0.6 is 11.8 Å². The first-order valence-electron chi connectivity index (χ1n) is 10.2. The maximum atomic E-state index is 12.5. The predicted molar refractivity (Wildman–Crippen MR) is 124 cm³/mol. The number of carbonyl (C=O) groups excluding carboxylic acids is 1. The number of rotatable bonds is 5. The molecule has 7 nitrogen and oxygen atoms in total. The number of piperazine rings is 1. The van der Waals surface area contributed by atoms with Gasteiger partial charge in [-0.1, -0.05) is 60.3 Å². The number of nitrogens with zero attached hydrogens (tertiary/aromatic N) is 4. The molecule has 1 amide bonds. The van der Waals surface area contributed by atoms with E-state index in [9.17, 15) is 13.2 Å². The van der Waals surface area contributed by atoms with E-state index in [0.717, 1.165) is 22.2 Å². The monoisotopic (exact) mass is 456 g/mol. The number of benzene rings is 2. The minimum atomic E-state index is -3.45. The molecule has 2 heterocycles. The van der Waals surface area contributed by atoms with Crippen molar-refractivity contribution in [2.24, 2.45) is 10.2 Å². The highest BCUT2D eigenvalue weighted by atomic mass is 32.2. The first kappa shape index (κ1) is 21.6. The fourth-order valence-electron chi connectivity index (χ4n) is 3.49. The molecule has 0 atom stereocenters. The minimum Gasteiger partial charge on any atom is -0.346 e. The Balaban J connectivity index is 1.28. The summed E-state index contributed by atoms with van der Waals surface area (Å²) >= 11 is 1.66. The van der Waals surface area contributed by atoms with Gasteiger partial charge in [0.25, 0.3) is 0 Å². The molecule has 0 N–H and O–H groups in total. The average molecular weight is 457 g/mol. The Kier molecular flexibility index (Phi) is 6.72. The van der Waals surface area contributed by atoms with Crippen LogP contribution in [-0.2, 0) is 14.6 Å². The maximum absolute atomic E-state index is 12.5. The van der Waals surface area contributed by atoms with Crippen LogP contribution in [-0.4, -0.2) is 72.7 Å². The molecule has 1 saturated heterocycles. The number of sulfone groups is 1. The molecular formula is C22H24N4O3S2. The molecule has 0 aromatic heterocycles. The zero-order chi connectivity index (χ0) is 21.7. The molecule has 2 aromatic rings. The summed E-state index contributed by atoms with van der Waals surface area (Å²) in [5, 5.41) is 9.66. The second-order valence-corrected chi connectivity index (χ2v) is 10.4. The van der Waals surface area contributed by atoms with Crippen molar-refractivity contribution in [1.82, 2.24) is 9.80 Å². The van der Waals surface area contributed by atoms with Crippen LogP contribution in [0.3, 0.4) is 0 Å². The number of hydrogen-bond donors (Lipinski definition) is 0. The smallest absolute Gasteiger partial charge is 0.223 e. The highest BCUT2D eigenvalue weighted by Crippen LogP contribution is 2.20. The Bertz CT molecular complexity index is 1080. The summed E-state index contributed by atoms with van der Waals surface area (Å²) in [6.07, 6.45) is -0.00233. The van der Waals surface area contributed by atoms with Crippen LogP contribution in [0.2, 0.25) is 0 Å². The Hall–Kier alpha value is -2.65. The highest BCUT2D eigenvalue weighted by Gasteiger charge is 2.26. The van der Waals surface area contributed by atoms with E-state index in [-0.39, 0.29) is 23.0 Å². The van der Waals surface area contributed by atoms with Crippen molar-refractivity contribution in [2.45, 2.75) is 11.3 Å². The van der Waals surface area contributed by atoms with Gasteiger partial charge in [0.1, 0.15) is 0 Å². The molecule has 0 bridgehead atoms. The summed E-state index contributed by atoms with van der Waals surface area (Å²) in [6.45, 7) is 2.44. The predicted octanol–water partition coefficient (Wildman–Crippen LogP) is 2.50. The Labute approximate surface area is 186 Å². The molecule has 2 aliphatic rings. The third-order valence-corrected chi connectivity index (χ3v) is 8.04. The standard InChI is InChI=1S/C22H24N4O3S2/c27-21(11-16-31(28,29)19-9-5-2-6-10-19)25-12-14-26(15-13-25)22-24-23-20(17-30-22)18-7-3-1-4-8-18/h1-10H,11-17H2. The lowest BCUT2D eigenvalue weighted by atomic mass is 10.1. The molecule has 0 saturated carbocycles. The Morgan fingerprint density at radius 1 is 0.903 bits per heavy atom. The van der Waals surface area contributed by atoms with Crippen LogP contribution in [0.1, 0.15) is 12.0 Å². The molecule has 2 aromatic carbocycles. The van der Waals surface area contributed by atoms with Crippen LogP contribution in [0.25, 0.3) is 0 Å². The van der Waals surface area contributed by atoms with Crippen LogP contribution in [0.15, 0.2) is 75.8 Å². The van der Waals surface area contributed by atoms with Crippen molar-refractivity contribution in [3.05, 3.63) is 66.2 Å². The molecule has 0 radical (unpaired) electrons. The molecule has 0 spiro atoms. The number of amides is 1. The van der Waals surface area contributed by atoms with E-state index in [1.165, 1.54) is 0 Å². The molecule has 0 aliphatic carbocycles. The Morgan fingerprint density at radius 2 is 1.55 bits per heavy atom. The lowest BCUT2D eigenvalue weighted by Gasteiger charge is -2.36. The zero-order valence-electron chi connectivity index (χ0n) is 17.1. The number of carbonyl (C=O) groups is 1. The minimum absolute atomic E-state index is 0.00233. The topological polar surface area (TPSA) is 82.4 Å². The van der Waals surface area contributed by atoms with Crippen molar-refractivity contribution < 1.29 is 13.2 Å². The summed E-state index contributed by atoms with van der Waals surface area (Å²) in [4.78, 5) is 16.7. The summed E-state index contributed by atoms with van der Waals surface area (Å²) in [6, 6.07) is 18.3. The third kappa shape index (κ3) is 5.34. The maximum Gasteiger partial charge on any atom is 0.223 e. The molecule has 4 rings (SSSR count). The van der Waals surface area contributed by atoms with Gasteiger partial charge < -0.3 is 9.80 Å². The number of hydrogen-bond acceptors (Lipinski definition) is 7. The van der Waals surface area contributed by atoms with E-state index in [0.29, 0.717) is 26.2 Å². The fraction of sp³-hybridized carbons (Fsp3) is 0.318. The van der Waals surface area contributed by atoms with Crippen molar-refractivity contribution in [3.8, 4) is 0 Å². The van der Waals surface area contributed by atoms with Crippen LogP contribution < -0.4 is 0 Å². The molecule has 31 heavy (non-hydrogen) atoms. The van der Waals surface area contributed by atoms with Gasteiger partial charge in [-0.2, -0.15) is 5.10 Å². The van der Waals surface area contributed by atoms with E-state index < -0.39 is 9.84 Å². The lowest BCUT2D eigenvalue weighted by molar-refractivity contribution is -0.132. The summed E-state index contributed by atoms with van der Waals surface area (Å²) in [5.74, 6) is 0.469. The van der Waals surface area contributed by atoms with Gasteiger partial charge in [0, 0.05) is 38.4 Å². The van der Waals surface area contributed by atoms with Crippen molar-refractivity contribution in [3.63, 3.8) is 0 Å². The first-order valence-corrected chi connectivity index (χ1v) is 12.8. The van der Waals surface area contributed by atoms with Gasteiger partial charge in [0.05, 0.1) is 16.4 Å². The second kappa shape index (κ2) is 9.65. The Morgan fingerprint density at radius 3 is 2.16 bits per heavy atom. The van der Waals surface area contributed by atoms with Gasteiger partial charge in [-0.25, -0.2) is 8.42 Å². The molecule has 162 valence electrons. The largest absolute Gasteiger partial charge is 0.346 e. The van der Waals surface area contributed by atoms with E-state index in [4.69, 9.17) is 0 Å². The fourth-order valence-corrected chi connectivity index (χ4v) is 5.70. The van der Waals surface area contributed by atoms with E-state index >= 15 is 0 Å². The number of amidine groups is 1. The summed E-state index contributed by atoms with van der Waals surface area (Å²) in [7, 11) is -3.45. The van der Waals surface area contributed by atoms with Crippen molar-refractivity contribution >= 4 is 38.4 Å². The van der Waals surface area contributed by atoms with Crippen molar-refractivity contribution in [1.29, 1.82) is 0 Å². The van der Waals surface area contributed by atoms with Gasteiger partial charge >= 0.3 is 0 Å². The SMILES string of the molecule is O=C(CCS(=O)(=O)c1ccccc1)N1CCN(C2=NN=C(c3ccccc3)CS2)CC1. The normalized spacial score (nSPS) is 17.2. The van der Waals surface area contributed by atoms with Gasteiger partial charge in [-0.05, 0) is 17.7 Å². The summed E-state index contributed by atoms with van der Waals surface area (Å²) < 4.78 is 24.8. The lowest BCUT2D eigenvalue weighted by Crippen LogP contribution is -2.50. The van der Waals surface area contributed by atoms with E-state index in [1.807, 2.05) is 30.3 Å². The van der Waals surface area contributed by atoms with Crippen LogP contribution in [0.4, 0.5) is 0 Å². The van der Waals surface area contributed by atoms with Crippen LogP contribution in [0, 0.1) is 0 Å². The molecule has 1 fully saturated rings. The van der Waals surface area contributed by atoms with Gasteiger partial charge in [-0.3, -0.25) is 4.79 Å². The quantitative estimate of drug-likeness (QED) is 0.690. The molecule has 2 aliphatic heterocycles. The third-order valence-electron chi connectivity index (χ3n) is 5.29. The van der Waals surface area contributed by atoms with Gasteiger partial charge in [0.2, 0.25) is 5.91 Å². The zero-order valence-corrected chi connectivity index (χ0v) is 18.7. The van der Waals surface area contributed by atoms with Crippen LogP contribution in [0.5, 0.6) is 0 Å². The highest BCUT2D eigenvalue weighted by molar-refractivity contribution is 8.14. The van der Waals surface area contributed by atoms with Gasteiger partial charge in [-0.15, -0.1) is 5.10 Å². The average Bonchev–Trinajstić information content (AvgIpc) is 2.84. The van der Waals surface area contributed by atoms with Gasteiger partial charge in [0.15, 0.2) is 15.0 Å². The number of thioether (sulfide) groups is 1. The molecule has 0 unspecified atom stereocenters. The van der Waals surface area contributed by atoms with E-state index in [2.05, 4.69) is 15.1 Å². The summed E-state index contributed by atoms with van der Waals surface area (Å²) in [5.41, 5.74) is 2.04.